The average molecular weight is 445 g/mol. The van der Waals surface area contributed by atoms with E-state index in [1.165, 1.54) is 36.0 Å². The molecular formula is C21H21ClN4O3S. The highest BCUT2D eigenvalue weighted by Gasteiger charge is 2.21. The Morgan fingerprint density at radius 3 is 2.40 bits per heavy atom. The molecule has 1 amide bonds. The van der Waals surface area contributed by atoms with Crippen LogP contribution in [-0.2, 0) is 16.4 Å². The van der Waals surface area contributed by atoms with Crippen LogP contribution >= 0.6 is 11.6 Å². The summed E-state index contributed by atoms with van der Waals surface area (Å²) in [6.07, 6.45) is 2.16. The van der Waals surface area contributed by atoms with E-state index in [-0.39, 0.29) is 10.5 Å². The van der Waals surface area contributed by atoms with Crippen molar-refractivity contribution in [2.24, 2.45) is 0 Å². The summed E-state index contributed by atoms with van der Waals surface area (Å²) in [6.45, 7) is 2.33. The molecule has 156 valence electrons. The fourth-order valence-corrected chi connectivity index (χ4v) is 3.85. The number of rotatable bonds is 7. The Balaban J connectivity index is 1.69. The first-order chi connectivity index (χ1) is 14.3. The highest BCUT2D eigenvalue weighted by atomic mass is 35.5. The number of halogens is 1. The summed E-state index contributed by atoms with van der Waals surface area (Å²) < 4.78 is 26.9. The maximum atomic E-state index is 12.5. The van der Waals surface area contributed by atoms with Gasteiger partial charge in [-0.15, -0.1) is 0 Å². The number of aryl methyl sites for hydroxylation is 1. The van der Waals surface area contributed by atoms with Crippen molar-refractivity contribution >= 4 is 33.5 Å². The van der Waals surface area contributed by atoms with E-state index < -0.39 is 15.9 Å². The van der Waals surface area contributed by atoms with Crippen molar-refractivity contribution in [2.45, 2.75) is 18.2 Å². The molecule has 0 saturated carbocycles. The van der Waals surface area contributed by atoms with E-state index in [4.69, 9.17) is 11.6 Å². The third kappa shape index (κ3) is 5.34. The molecule has 0 unspecified atom stereocenters. The molecular weight excluding hydrogens is 424 g/mol. The number of carbonyl (C=O) groups is 1. The van der Waals surface area contributed by atoms with Crippen LogP contribution in [0.2, 0.25) is 5.02 Å². The van der Waals surface area contributed by atoms with Crippen molar-refractivity contribution in [3.8, 4) is 0 Å². The van der Waals surface area contributed by atoms with Gasteiger partial charge in [-0.3, -0.25) is 4.79 Å². The zero-order valence-electron chi connectivity index (χ0n) is 16.5. The SMILES string of the molecule is Cc1nc(N(C)CCc2ccccc2)ncc1C(=O)NS(=O)(=O)c1ccc(Cl)cc1. The maximum Gasteiger partial charge on any atom is 0.268 e. The normalized spacial score (nSPS) is 11.2. The molecule has 2 aromatic carbocycles. The Kier molecular flexibility index (Phi) is 6.69. The monoisotopic (exact) mass is 444 g/mol. The minimum absolute atomic E-state index is 0.0592. The maximum absolute atomic E-state index is 12.5. The van der Waals surface area contributed by atoms with Crippen LogP contribution < -0.4 is 9.62 Å². The predicted molar refractivity (Wildman–Crippen MR) is 116 cm³/mol. The molecule has 3 rings (SSSR count). The van der Waals surface area contributed by atoms with Crippen molar-refractivity contribution in [1.82, 2.24) is 14.7 Å². The van der Waals surface area contributed by atoms with E-state index in [0.717, 1.165) is 6.42 Å². The van der Waals surface area contributed by atoms with Gasteiger partial charge in [0.25, 0.3) is 15.9 Å². The molecule has 7 nitrogen and oxygen atoms in total. The number of likely N-dealkylation sites (N-methyl/N-ethyl adjacent to an activating group) is 1. The molecule has 0 bridgehead atoms. The van der Waals surface area contributed by atoms with Crippen LogP contribution in [0.5, 0.6) is 0 Å². The highest BCUT2D eigenvalue weighted by Crippen LogP contribution is 2.16. The minimum Gasteiger partial charge on any atom is -0.344 e. The lowest BCUT2D eigenvalue weighted by Crippen LogP contribution is -2.31. The van der Waals surface area contributed by atoms with Crippen molar-refractivity contribution < 1.29 is 13.2 Å². The second kappa shape index (κ2) is 9.23. The number of carbonyl (C=O) groups excluding carboxylic acids is 1. The number of anilines is 1. The topological polar surface area (TPSA) is 92.3 Å². The van der Waals surface area contributed by atoms with E-state index in [0.29, 0.717) is 23.2 Å². The quantitative estimate of drug-likeness (QED) is 0.601. The van der Waals surface area contributed by atoms with Crippen LogP contribution in [0.3, 0.4) is 0 Å². The summed E-state index contributed by atoms with van der Waals surface area (Å²) in [5.74, 6) is -0.332. The molecule has 3 aromatic rings. The Bertz CT molecular complexity index is 1140. The van der Waals surface area contributed by atoms with E-state index in [1.807, 2.05) is 34.9 Å². The first-order valence-electron chi connectivity index (χ1n) is 9.18. The molecule has 0 saturated heterocycles. The fraction of sp³-hybridized carbons (Fsp3) is 0.190. The number of aromatic nitrogens is 2. The largest absolute Gasteiger partial charge is 0.344 e. The Morgan fingerprint density at radius 2 is 1.77 bits per heavy atom. The lowest BCUT2D eigenvalue weighted by atomic mass is 10.1. The van der Waals surface area contributed by atoms with Crippen LogP contribution in [0.25, 0.3) is 0 Å². The molecule has 0 atom stereocenters. The second-order valence-electron chi connectivity index (χ2n) is 6.71. The van der Waals surface area contributed by atoms with E-state index >= 15 is 0 Å². The van der Waals surface area contributed by atoms with Crippen molar-refractivity contribution in [1.29, 1.82) is 0 Å². The average Bonchev–Trinajstić information content (AvgIpc) is 2.72. The number of nitrogens with one attached hydrogen (secondary N) is 1. The number of hydrogen-bond acceptors (Lipinski definition) is 6. The molecule has 1 aromatic heterocycles. The molecule has 0 aliphatic carbocycles. The molecule has 1 heterocycles. The van der Waals surface area contributed by atoms with Crippen molar-refractivity contribution in [2.75, 3.05) is 18.5 Å². The van der Waals surface area contributed by atoms with Gasteiger partial charge in [0.2, 0.25) is 5.95 Å². The second-order valence-corrected chi connectivity index (χ2v) is 8.83. The van der Waals surface area contributed by atoms with Gasteiger partial charge in [-0.1, -0.05) is 41.9 Å². The standard InChI is InChI=1S/C21H21ClN4O3S/c1-15-19(20(27)25-30(28,29)18-10-8-17(22)9-11-18)14-23-21(24-15)26(2)13-12-16-6-4-3-5-7-16/h3-11,14H,12-13H2,1-2H3,(H,25,27). The van der Waals surface area contributed by atoms with E-state index in [2.05, 4.69) is 22.1 Å². The summed E-state index contributed by atoms with van der Waals surface area (Å²) in [5, 5.41) is 0.400. The van der Waals surface area contributed by atoms with Gasteiger partial charge in [0.15, 0.2) is 0 Å². The van der Waals surface area contributed by atoms with Crippen LogP contribution in [0, 0.1) is 6.92 Å². The van der Waals surface area contributed by atoms with Gasteiger partial charge in [0, 0.05) is 24.8 Å². The van der Waals surface area contributed by atoms with Crippen molar-refractivity contribution in [3.63, 3.8) is 0 Å². The third-order valence-corrected chi connectivity index (χ3v) is 6.08. The molecule has 0 fully saturated rings. The van der Waals surface area contributed by atoms with Crippen LogP contribution in [-0.4, -0.2) is 37.9 Å². The van der Waals surface area contributed by atoms with Gasteiger partial charge in [-0.2, -0.15) is 0 Å². The van der Waals surface area contributed by atoms with Crippen LogP contribution in [0.1, 0.15) is 21.6 Å². The fourth-order valence-electron chi connectivity index (χ4n) is 2.75. The van der Waals surface area contributed by atoms with Gasteiger partial charge in [0.05, 0.1) is 16.2 Å². The summed E-state index contributed by atoms with van der Waals surface area (Å²) in [6, 6.07) is 15.6. The smallest absolute Gasteiger partial charge is 0.268 e. The molecule has 30 heavy (non-hydrogen) atoms. The predicted octanol–water partition coefficient (Wildman–Crippen LogP) is 3.24. The van der Waals surface area contributed by atoms with Gasteiger partial charge < -0.3 is 4.90 Å². The zero-order valence-corrected chi connectivity index (χ0v) is 18.1. The molecule has 1 N–H and O–H groups in total. The summed E-state index contributed by atoms with van der Waals surface area (Å²) in [7, 11) is -2.17. The summed E-state index contributed by atoms with van der Waals surface area (Å²) >= 11 is 5.78. The van der Waals surface area contributed by atoms with E-state index in [1.54, 1.807) is 6.92 Å². The van der Waals surface area contributed by atoms with Crippen LogP contribution in [0.15, 0.2) is 65.7 Å². The molecule has 0 radical (unpaired) electrons. The molecule has 0 spiro atoms. The lowest BCUT2D eigenvalue weighted by molar-refractivity contribution is 0.0980. The minimum atomic E-state index is -4.03. The lowest BCUT2D eigenvalue weighted by Gasteiger charge is -2.18. The van der Waals surface area contributed by atoms with Crippen molar-refractivity contribution in [3.05, 3.63) is 82.6 Å². The number of benzene rings is 2. The number of nitrogens with zero attached hydrogens (tertiary/aromatic N) is 3. The summed E-state index contributed by atoms with van der Waals surface area (Å²) in [4.78, 5) is 22.9. The highest BCUT2D eigenvalue weighted by molar-refractivity contribution is 7.90. The first-order valence-corrected chi connectivity index (χ1v) is 11.0. The van der Waals surface area contributed by atoms with Gasteiger partial charge in [0.1, 0.15) is 0 Å². The first kappa shape index (κ1) is 21.7. The Labute approximate surface area is 180 Å². The Hall–Kier alpha value is -2.97. The molecule has 0 aliphatic rings. The van der Waals surface area contributed by atoms with Crippen LogP contribution in [0.4, 0.5) is 5.95 Å². The number of sulfonamides is 1. The number of amides is 1. The summed E-state index contributed by atoms with van der Waals surface area (Å²) in [5.41, 5.74) is 1.67. The van der Waals surface area contributed by atoms with Gasteiger partial charge in [-0.25, -0.2) is 23.1 Å². The zero-order chi connectivity index (χ0) is 21.7. The molecule has 9 heteroatoms. The van der Waals surface area contributed by atoms with E-state index in [9.17, 15) is 13.2 Å². The van der Waals surface area contributed by atoms with Gasteiger partial charge >= 0.3 is 0 Å². The third-order valence-electron chi connectivity index (χ3n) is 4.48. The molecule has 0 aliphatic heterocycles. The number of hydrogen-bond donors (Lipinski definition) is 1. The van der Waals surface area contributed by atoms with Gasteiger partial charge in [-0.05, 0) is 43.2 Å². The Morgan fingerprint density at radius 1 is 1.10 bits per heavy atom.